The summed E-state index contributed by atoms with van der Waals surface area (Å²) >= 11 is 2.51. The van der Waals surface area contributed by atoms with Gasteiger partial charge in [0.1, 0.15) is 17.8 Å². The minimum atomic E-state index is -0.510. The summed E-state index contributed by atoms with van der Waals surface area (Å²) in [6.07, 6.45) is 6.29. The molecule has 0 bridgehead atoms. The van der Waals surface area contributed by atoms with E-state index in [1.807, 2.05) is 76.4 Å². The number of hydrogen-bond acceptors (Lipinski definition) is 8. The van der Waals surface area contributed by atoms with Crippen molar-refractivity contribution in [3.05, 3.63) is 102 Å². The topological polar surface area (TPSA) is 116 Å². The number of carbonyl (C=O) groups excluding carboxylic acids is 3. The summed E-state index contributed by atoms with van der Waals surface area (Å²) in [6, 6.07) is 15.4. The van der Waals surface area contributed by atoms with Crippen molar-refractivity contribution in [1.29, 1.82) is 0 Å². The Morgan fingerprint density at radius 2 is 1.70 bits per heavy atom. The first kappa shape index (κ1) is 41.4. The lowest BCUT2D eigenvalue weighted by Crippen LogP contribution is -2.09. The molecule has 0 spiro atoms. The van der Waals surface area contributed by atoms with Crippen LogP contribution in [0.4, 0.5) is 4.79 Å². The minimum absolute atomic E-state index is 0.0137. The van der Waals surface area contributed by atoms with Crippen LogP contribution in [0.1, 0.15) is 70.8 Å². The van der Waals surface area contributed by atoms with Crippen LogP contribution in [0.2, 0.25) is 0 Å². The number of carbonyl (C=O) groups is 3. The van der Waals surface area contributed by atoms with Crippen molar-refractivity contribution >= 4 is 46.6 Å². The molecule has 3 N–H and O–H groups in total. The fourth-order valence-corrected chi connectivity index (χ4v) is 3.57. The van der Waals surface area contributed by atoms with E-state index in [0.717, 1.165) is 22.9 Å². The van der Waals surface area contributed by atoms with Gasteiger partial charge in [0, 0.05) is 10.5 Å². The Hall–Kier alpha value is -3.69. The van der Waals surface area contributed by atoms with Gasteiger partial charge in [-0.2, -0.15) is 0 Å². The predicted molar refractivity (Wildman–Crippen MR) is 184 cm³/mol. The molecule has 1 heterocycles. The third kappa shape index (κ3) is 18.5. The standard InChI is InChI=1S/C19H18O3S.C5H8.C4H7NO2S.C4H8O.C2H6/c1-3-21-18-12-16(20)15-6-4-5-7-17(15)22-19(18)13-8-10-14(23-2)11-9-13;1-4-5(2)3;1-3(2-6)8-4(5)7;1-3-4(2)5;1-2/h4-11H,3,12H2,1-2H3;4H,1-2H2,3H3;2-3H,1H3,(H2,5,7);3,5H,1-2H3;1-2H3/b;;;4-3+;. The number of allylic oxidation sites excluding steroid dienone is 5. The maximum absolute atomic E-state index is 12.5. The van der Waals surface area contributed by atoms with E-state index in [9.17, 15) is 14.4 Å². The molecular weight excluding hydrogens is 583 g/mol. The van der Waals surface area contributed by atoms with E-state index in [2.05, 4.69) is 13.2 Å². The van der Waals surface area contributed by atoms with Crippen molar-refractivity contribution in [1.82, 2.24) is 0 Å². The number of para-hydroxylation sites is 1. The van der Waals surface area contributed by atoms with Crippen molar-refractivity contribution < 1.29 is 29.0 Å². The Kier molecular flexibility index (Phi) is 24.0. The fraction of sp³-hybridized carbons (Fsp3) is 0.324. The number of nitrogens with two attached hydrogens (primary N) is 1. The fourth-order valence-electron chi connectivity index (χ4n) is 2.74. The first-order valence-electron chi connectivity index (χ1n) is 13.7. The van der Waals surface area contributed by atoms with Gasteiger partial charge in [-0.05, 0) is 77.3 Å². The number of rotatable bonds is 7. The lowest BCUT2D eigenvalue weighted by atomic mass is 10.1. The molecule has 1 atom stereocenters. The molecule has 2 aromatic carbocycles. The lowest BCUT2D eigenvalue weighted by Gasteiger charge is -2.14. The van der Waals surface area contributed by atoms with Gasteiger partial charge in [-0.25, -0.2) is 0 Å². The molecule has 9 heteroatoms. The highest BCUT2D eigenvalue weighted by Gasteiger charge is 2.25. The van der Waals surface area contributed by atoms with Gasteiger partial charge >= 0.3 is 0 Å². The SMILES string of the molecule is C/C=C(\C)O.C=CC(=C)C.CC.CC(C=O)SC(N)=O.CCOC1=C(c2ccc(SC)cc2)Oc2ccccc2C(=O)C1. The van der Waals surface area contributed by atoms with Crippen molar-refractivity contribution in [2.45, 2.75) is 65.0 Å². The van der Waals surface area contributed by atoms with Gasteiger partial charge in [-0.1, -0.05) is 68.6 Å². The average molecular weight is 630 g/mol. The molecule has 0 radical (unpaired) electrons. The number of fused-ring (bicyclic) bond motifs is 1. The quantitative estimate of drug-likeness (QED) is 0.135. The number of hydrogen-bond donors (Lipinski definition) is 2. The highest BCUT2D eigenvalue weighted by atomic mass is 32.2. The van der Waals surface area contributed by atoms with Crippen LogP contribution in [-0.4, -0.2) is 40.5 Å². The van der Waals surface area contributed by atoms with Crippen LogP contribution in [-0.2, 0) is 9.53 Å². The molecule has 1 amide bonds. The summed E-state index contributed by atoms with van der Waals surface area (Å²) in [4.78, 5) is 33.5. The molecule has 0 aromatic heterocycles. The number of aliphatic hydroxyl groups is 1. The number of benzene rings is 2. The Bertz CT molecular complexity index is 1220. The number of primary amides is 1. The largest absolute Gasteiger partial charge is 0.513 e. The van der Waals surface area contributed by atoms with Crippen LogP contribution >= 0.6 is 23.5 Å². The summed E-state index contributed by atoms with van der Waals surface area (Å²) in [7, 11) is 0. The van der Waals surface area contributed by atoms with Gasteiger partial charge < -0.3 is 25.1 Å². The molecule has 0 aliphatic carbocycles. The molecular formula is C34H47NO6S2. The molecule has 1 unspecified atom stereocenters. The van der Waals surface area contributed by atoms with E-state index in [1.54, 1.807) is 50.8 Å². The Morgan fingerprint density at radius 3 is 2.09 bits per heavy atom. The predicted octanol–water partition coefficient (Wildman–Crippen LogP) is 9.41. The molecule has 1 aliphatic heterocycles. The maximum atomic E-state index is 12.5. The van der Waals surface area contributed by atoms with E-state index in [1.165, 1.54) is 4.90 Å². The third-order valence-corrected chi connectivity index (χ3v) is 6.36. The van der Waals surface area contributed by atoms with Gasteiger partial charge in [-0.3, -0.25) is 9.59 Å². The van der Waals surface area contributed by atoms with E-state index < -0.39 is 5.24 Å². The highest BCUT2D eigenvalue weighted by Crippen LogP contribution is 2.34. The van der Waals surface area contributed by atoms with Gasteiger partial charge in [0.2, 0.25) is 0 Å². The summed E-state index contributed by atoms with van der Waals surface area (Å²) in [6.45, 7) is 20.4. The summed E-state index contributed by atoms with van der Waals surface area (Å²) in [5, 5.41) is 7.40. The molecule has 43 heavy (non-hydrogen) atoms. The number of Topliss-reactive ketones (excluding diaryl/α,β-unsaturated/α-hetero) is 1. The maximum Gasteiger partial charge on any atom is 0.277 e. The molecule has 1 aliphatic rings. The van der Waals surface area contributed by atoms with Crippen LogP contribution in [0.5, 0.6) is 5.75 Å². The zero-order valence-corrected chi connectivity index (χ0v) is 28.3. The van der Waals surface area contributed by atoms with E-state index >= 15 is 0 Å². The molecule has 0 fully saturated rings. The van der Waals surface area contributed by atoms with E-state index in [-0.39, 0.29) is 17.5 Å². The number of amides is 1. The monoisotopic (exact) mass is 629 g/mol. The van der Waals surface area contributed by atoms with Crippen molar-refractivity contribution in [3.8, 4) is 5.75 Å². The Balaban J connectivity index is 0. The third-order valence-electron chi connectivity index (χ3n) is 4.90. The van der Waals surface area contributed by atoms with Crippen molar-refractivity contribution in [2.24, 2.45) is 5.73 Å². The van der Waals surface area contributed by atoms with Gasteiger partial charge in [0.25, 0.3) is 5.24 Å². The lowest BCUT2D eigenvalue weighted by molar-refractivity contribution is -0.107. The van der Waals surface area contributed by atoms with E-state index in [4.69, 9.17) is 20.3 Å². The number of ketones is 1. The second kappa shape index (κ2) is 24.9. The second-order valence-electron chi connectivity index (χ2n) is 8.37. The minimum Gasteiger partial charge on any atom is -0.513 e. The second-order valence-corrected chi connectivity index (χ2v) is 10.6. The Labute approximate surface area is 266 Å². The number of ether oxygens (including phenoxy) is 2. The zero-order valence-electron chi connectivity index (χ0n) is 26.6. The first-order chi connectivity index (χ1) is 20.4. The normalized spacial score (nSPS) is 12.2. The molecule has 7 nitrogen and oxygen atoms in total. The highest BCUT2D eigenvalue weighted by molar-refractivity contribution is 8.14. The average Bonchev–Trinajstić information content (AvgIpc) is 3.15. The van der Waals surface area contributed by atoms with Crippen LogP contribution in [0.15, 0.2) is 95.8 Å². The smallest absolute Gasteiger partial charge is 0.277 e. The van der Waals surface area contributed by atoms with Gasteiger partial charge in [0.05, 0.1) is 29.6 Å². The molecule has 0 saturated carbocycles. The van der Waals surface area contributed by atoms with Crippen molar-refractivity contribution in [3.63, 3.8) is 0 Å². The number of thioether (sulfide) groups is 2. The molecule has 3 rings (SSSR count). The Morgan fingerprint density at radius 1 is 1.16 bits per heavy atom. The first-order valence-corrected chi connectivity index (χ1v) is 15.9. The molecule has 0 saturated heterocycles. The van der Waals surface area contributed by atoms with Crippen LogP contribution in [0, 0.1) is 0 Å². The zero-order chi connectivity index (χ0) is 33.4. The molecule has 2 aromatic rings. The summed E-state index contributed by atoms with van der Waals surface area (Å²) < 4.78 is 11.8. The van der Waals surface area contributed by atoms with E-state index in [0.29, 0.717) is 41.5 Å². The molecule has 236 valence electrons. The van der Waals surface area contributed by atoms with Gasteiger partial charge in [0.15, 0.2) is 11.5 Å². The summed E-state index contributed by atoms with van der Waals surface area (Å²) in [5.41, 5.74) is 7.26. The number of aldehydes is 1. The summed E-state index contributed by atoms with van der Waals surface area (Å²) in [5.74, 6) is 2.18. The van der Waals surface area contributed by atoms with Crippen molar-refractivity contribution in [2.75, 3.05) is 12.9 Å². The van der Waals surface area contributed by atoms with Gasteiger partial charge in [-0.15, -0.1) is 11.8 Å². The van der Waals surface area contributed by atoms with Crippen LogP contribution in [0.25, 0.3) is 5.76 Å². The van der Waals surface area contributed by atoms with Crippen LogP contribution in [0.3, 0.4) is 0 Å². The number of aliphatic hydroxyl groups excluding tert-OH is 1. The van der Waals surface area contributed by atoms with Crippen LogP contribution < -0.4 is 10.5 Å².